The average molecular weight is 649 g/mol. The Morgan fingerprint density at radius 3 is 2.25 bits per heavy atom. The highest BCUT2D eigenvalue weighted by Crippen LogP contribution is 2.29. The second-order valence-corrected chi connectivity index (χ2v) is 13.4. The molecule has 0 heterocycles. The zero-order chi connectivity index (χ0) is 29.6. The van der Waals surface area contributed by atoms with Crippen molar-refractivity contribution in [3.8, 4) is 0 Å². The number of anilines is 1. The van der Waals surface area contributed by atoms with Gasteiger partial charge in [-0.05, 0) is 74.2 Å². The molecule has 7 nitrogen and oxygen atoms in total. The second-order valence-electron chi connectivity index (χ2n) is 10.2. The third-order valence-corrected chi connectivity index (χ3v) is 9.11. The number of hydrogen-bond donors (Lipinski definition) is 1. The highest BCUT2D eigenvalue weighted by Gasteiger charge is 2.32. The van der Waals surface area contributed by atoms with Crippen molar-refractivity contribution in [1.29, 1.82) is 0 Å². The standard InChI is InChI=1S/C30H35BrClN3O4S/c1-20(2)17-33-30(37)23(5)34(18-24-7-6-8-25(31)15-24)29(36)19-35(26-12-11-22(4)28(32)16-26)40(38,39)27-13-9-21(3)10-14-27/h6-16,20,23H,17-19H2,1-5H3,(H,33,37). The molecule has 0 spiro atoms. The van der Waals surface area contributed by atoms with Crippen LogP contribution in [0, 0.1) is 19.8 Å². The lowest BCUT2D eigenvalue weighted by atomic mass is 10.1. The van der Waals surface area contributed by atoms with Crippen LogP contribution in [0.5, 0.6) is 0 Å². The molecular weight excluding hydrogens is 614 g/mol. The van der Waals surface area contributed by atoms with Crippen molar-refractivity contribution in [2.24, 2.45) is 5.92 Å². The van der Waals surface area contributed by atoms with Gasteiger partial charge in [-0.1, -0.05) is 77.3 Å². The summed E-state index contributed by atoms with van der Waals surface area (Å²) in [5.41, 5.74) is 2.72. The first-order valence-electron chi connectivity index (χ1n) is 13.0. The summed E-state index contributed by atoms with van der Waals surface area (Å²) in [6.07, 6.45) is 0. The second kappa shape index (κ2) is 13.7. The number of amides is 2. The molecule has 1 N–H and O–H groups in total. The van der Waals surface area contributed by atoms with Gasteiger partial charge in [0.25, 0.3) is 10.0 Å². The predicted octanol–water partition coefficient (Wildman–Crippen LogP) is 6.10. The zero-order valence-electron chi connectivity index (χ0n) is 23.3. The molecule has 3 rings (SSSR count). The van der Waals surface area contributed by atoms with Crippen LogP contribution in [0.3, 0.4) is 0 Å². The molecule has 0 aliphatic heterocycles. The summed E-state index contributed by atoms with van der Waals surface area (Å²) in [5.74, 6) is -0.616. The minimum Gasteiger partial charge on any atom is -0.354 e. The van der Waals surface area contributed by atoms with Crippen LogP contribution in [-0.4, -0.2) is 44.3 Å². The Morgan fingerprint density at radius 1 is 0.975 bits per heavy atom. The minimum absolute atomic E-state index is 0.0452. The molecule has 1 unspecified atom stereocenters. The molecule has 0 fully saturated rings. The molecule has 2 amide bonds. The van der Waals surface area contributed by atoms with Crippen molar-refractivity contribution >= 4 is 55.1 Å². The fraction of sp³-hybridized carbons (Fsp3) is 0.333. The number of hydrogen-bond acceptors (Lipinski definition) is 4. The normalized spacial score (nSPS) is 12.2. The molecule has 0 saturated carbocycles. The van der Waals surface area contributed by atoms with Gasteiger partial charge in [0.15, 0.2) is 0 Å². The third kappa shape index (κ3) is 8.08. The smallest absolute Gasteiger partial charge is 0.264 e. The molecule has 0 saturated heterocycles. The van der Waals surface area contributed by atoms with Gasteiger partial charge < -0.3 is 10.2 Å². The third-order valence-electron chi connectivity index (χ3n) is 6.43. The van der Waals surface area contributed by atoms with E-state index in [2.05, 4.69) is 21.2 Å². The van der Waals surface area contributed by atoms with Crippen molar-refractivity contribution in [2.75, 3.05) is 17.4 Å². The van der Waals surface area contributed by atoms with E-state index >= 15 is 0 Å². The lowest BCUT2D eigenvalue weighted by Crippen LogP contribution is -2.51. The van der Waals surface area contributed by atoms with Gasteiger partial charge in [-0.25, -0.2) is 8.42 Å². The fourth-order valence-corrected chi connectivity index (χ4v) is 6.00. The highest BCUT2D eigenvalue weighted by molar-refractivity contribution is 9.10. The largest absolute Gasteiger partial charge is 0.354 e. The van der Waals surface area contributed by atoms with Crippen LogP contribution in [0.15, 0.2) is 76.1 Å². The molecule has 0 bridgehead atoms. The number of halogens is 2. The predicted molar refractivity (Wildman–Crippen MR) is 164 cm³/mol. The number of rotatable bonds is 11. The van der Waals surface area contributed by atoms with Gasteiger partial charge in [0.2, 0.25) is 11.8 Å². The van der Waals surface area contributed by atoms with Gasteiger partial charge >= 0.3 is 0 Å². The Labute approximate surface area is 250 Å². The zero-order valence-corrected chi connectivity index (χ0v) is 26.5. The number of aryl methyl sites for hydroxylation is 2. The summed E-state index contributed by atoms with van der Waals surface area (Å²) in [4.78, 5) is 28.5. The SMILES string of the molecule is Cc1ccc(S(=O)(=O)N(CC(=O)N(Cc2cccc(Br)c2)C(C)C(=O)NCC(C)C)c2ccc(C)c(Cl)c2)cc1. The Morgan fingerprint density at radius 2 is 1.65 bits per heavy atom. The highest BCUT2D eigenvalue weighted by atomic mass is 79.9. The quantitative estimate of drug-likeness (QED) is 0.272. The Hall–Kier alpha value is -2.88. The van der Waals surface area contributed by atoms with Gasteiger partial charge in [-0.3, -0.25) is 13.9 Å². The van der Waals surface area contributed by atoms with Crippen molar-refractivity contribution in [2.45, 2.75) is 52.1 Å². The molecule has 10 heteroatoms. The fourth-order valence-electron chi connectivity index (χ4n) is 3.97. The summed E-state index contributed by atoms with van der Waals surface area (Å²) in [6.45, 7) is 9.33. The molecule has 0 aromatic heterocycles. The van der Waals surface area contributed by atoms with Gasteiger partial charge in [-0.2, -0.15) is 0 Å². The maximum Gasteiger partial charge on any atom is 0.264 e. The van der Waals surface area contributed by atoms with Crippen molar-refractivity contribution in [1.82, 2.24) is 10.2 Å². The number of nitrogens with zero attached hydrogens (tertiary/aromatic N) is 2. The van der Waals surface area contributed by atoms with Crippen LogP contribution < -0.4 is 9.62 Å². The van der Waals surface area contributed by atoms with Gasteiger partial charge in [-0.15, -0.1) is 0 Å². The summed E-state index contributed by atoms with van der Waals surface area (Å²) in [6, 6.07) is 17.9. The average Bonchev–Trinajstić information content (AvgIpc) is 2.90. The van der Waals surface area contributed by atoms with E-state index in [0.29, 0.717) is 11.6 Å². The number of nitrogens with one attached hydrogen (secondary N) is 1. The van der Waals surface area contributed by atoms with Gasteiger partial charge in [0, 0.05) is 22.6 Å². The number of benzene rings is 3. The molecule has 0 aliphatic carbocycles. The maximum absolute atomic E-state index is 14.0. The van der Waals surface area contributed by atoms with Crippen molar-refractivity contribution in [3.05, 3.63) is 92.9 Å². The van der Waals surface area contributed by atoms with Crippen LogP contribution in [0.2, 0.25) is 5.02 Å². The van der Waals surface area contributed by atoms with E-state index in [1.165, 1.54) is 23.1 Å². The number of sulfonamides is 1. The van der Waals surface area contributed by atoms with Crippen molar-refractivity contribution < 1.29 is 18.0 Å². The molecule has 0 radical (unpaired) electrons. The summed E-state index contributed by atoms with van der Waals surface area (Å²) in [7, 11) is -4.16. The van der Waals surface area contributed by atoms with Crippen LogP contribution in [0.4, 0.5) is 5.69 Å². The maximum atomic E-state index is 14.0. The Balaban J connectivity index is 2.04. The summed E-state index contributed by atoms with van der Waals surface area (Å²) >= 11 is 9.83. The van der Waals surface area contributed by atoms with Crippen LogP contribution >= 0.6 is 27.5 Å². The lowest BCUT2D eigenvalue weighted by molar-refractivity contribution is -0.139. The van der Waals surface area contributed by atoms with Crippen LogP contribution in [0.1, 0.15) is 37.5 Å². The van der Waals surface area contributed by atoms with E-state index in [-0.39, 0.29) is 29.0 Å². The first kappa shape index (κ1) is 31.6. The van der Waals surface area contributed by atoms with Gasteiger partial charge in [0.1, 0.15) is 12.6 Å². The minimum atomic E-state index is -4.16. The molecule has 1 atom stereocenters. The Kier molecular flexibility index (Phi) is 10.8. The number of carbonyl (C=O) groups is 2. The van der Waals surface area contributed by atoms with Crippen molar-refractivity contribution in [3.63, 3.8) is 0 Å². The molecule has 3 aromatic rings. The molecule has 214 valence electrons. The molecule has 0 aliphatic rings. The topological polar surface area (TPSA) is 86.8 Å². The monoisotopic (exact) mass is 647 g/mol. The Bertz CT molecular complexity index is 1460. The van der Waals surface area contributed by atoms with Gasteiger partial charge in [0.05, 0.1) is 10.6 Å². The lowest BCUT2D eigenvalue weighted by Gasteiger charge is -2.32. The number of carbonyl (C=O) groups excluding carboxylic acids is 2. The first-order chi connectivity index (χ1) is 18.8. The molecule has 40 heavy (non-hydrogen) atoms. The first-order valence-corrected chi connectivity index (χ1v) is 15.6. The van der Waals surface area contributed by atoms with E-state index in [0.717, 1.165) is 25.5 Å². The molecular formula is C30H35BrClN3O4S. The van der Waals surface area contributed by atoms with Crippen LogP contribution in [0.25, 0.3) is 0 Å². The van der Waals surface area contributed by atoms with E-state index in [4.69, 9.17) is 11.6 Å². The van der Waals surface area contributed by atoms with Crippen LogP contribution in [-0.2, 0) is 26.2 Å². The summed E-state index contributed by atoms with van der Waals surface area (Å²) < 4.78 is 29.7. The van der Waals surface area contributed by atoms with E-state index in [1.54, 1.807) is 31.2 Å². The van der Waals surface area contributed by atoms with E-state index in [9.17, 15) is 18.0 Å². The van der Waals surface area contributed by atoms with E-state index < -0.39 is 28.5 Å². The molecule has 3 aromatic carbocycles. The van der Waals surface area contributed by atoms with E-state index in [1.807, 2.05) is 52.0 Å². The summed E-state index contributed by atoms with van der Waals surface area (Å²) in [5, 5.41) is 3.26.